The molecule has 0 fully saturated rings. The fourth-order valence-electron chi connectivity index (χ4n) is 6.93. The van der Waals surface area contributed by atoms with Crippen LogP contribution in [0.15, 0.2) is 120 Å². The van der Waals surface area contributed by atoms with Gasteiger partial charge in [-0.15, -0.1) is 0 Å². The lowest BCUT2D eigenvalue weighted by Crippen LogP contribution is -2.38. The largest absolute Gasteiger partial charge is 0.347 e. The lowest BCUT2D eigenvalue weighted by molar-refractivity contribution is 0.655. The number of hydrogen-bond acceptors (Lipinski definition) is 2. The van der Waals surface area contributed by atoms with Crippen molar-refractivity contribution in [1.82, 2.24) is 4.57 Å². The van der Waals surface area contributed by atoms with Crippen molar-refractivity contribution in [2.75, 3.05) is 11.9 Å². The molecule has 1 unspecified atom stereocenters. The number of benzene rings is 5. The number of nitrogens with zero attached hydrogens (tertiary/aromatic N) is 3. The average Bonchev–Trinajstić information content (AvgIpc) is 3.41. The normalized spacial score (nSPS) is 17.2. The van der Waals surface area contributed by atoms with Gasteiger partial charge in [-0.1, -0.05) is 98.8 Å². The standard InChI is InChI=1S/C36H29N3/c1-36(2)28-17-9-7-15-24(28)26-22-33-27(21-29(26)36)25-16-8-11-19-31(25)39(33)35-34(23-13-5-4-6-14-23)37-30-18-10-12-20-32(30)38(35)3/h4-22,35H,1-3H3. The second kappa shape index (κ2) is 7.94. The van der Waals surface area contributed by atoms with Crippen molar-refractivity contribution in [3.05, 3.63) is 132 Å². The van der Waals surface area contributed by atoms with Crippen LogP contribution >= 0.6 is 0 Å². The van der Waals surface area contributed by atoms with Crippen LogP contribution in [0.4, 0.5) is 11.4 Å². The molecule has 2 heterocycles. The second-order valence-electron chi connectivity index (χ2n) is 11.3. The van der Waals surface area contributed by atoms with E-state index in [1.54, 1.807) is 0 Å². The van der Waals surface area contributed by atoms with Crippen LogP contribution in [0.5, 0.6) is 0 Å². The predicted octanol–water partition coefficient (Wildman–Crippen LogP) is 8.87. The molecule has 0 N–H and O–H groups in total. The highest BCUT2D eigenvalue weighted by molar-refractivity contribution is 6.14. The summed E-state index contributed by atoms with van der Waals surface area (Å²) >= 11 is 0. The van der Waals surface area contributed by atoms with Gasteiger partial charge in [0.15, 0.2) is 6.17 Å². The fraction of sp³-hybridized carbons (Fsp3) is 0.139. The molecule has 5 aromatic carbocycles. The zero-order valence-electron chi connectivity index (χ0n) is 22.4. The maximum absolute atomic E-state index is 5.30. The first-order chi connectivity index (χ1) is 19.0. The minimum Gasteiger partial charge on any atom is -0.347 e. The van der Waals surface area contributed by atoms with Gasteiger partial charge in [0.25, 0.3) is 0 Å². The summed E-state index contributed by atoms with van der Waals surface area (Å²) < 4.78 is 2.51. The molecule has 188 valence electrons. The molecule has 3 nitrogen and oxygen atoms in total. The Balaban J connectivity index is 1.48. The first kappa shape index (κ1) is 22.4. The summed E-state index contributed by atoms with van der Waals surface area (Å²) in [5, 5.41) is 2.58. The van der Waals surface area contributed by atoms with Gasteiger partial charge < -0.3 is 9.47 Å². The minimum absolute atomic E-state index is 0.0411. The Bertz CT molecular complexity index is 1960. The predicted molar refractivity (Wildman–Crippen MR) is 164 cm³/mol. The molecule has 2 aliphatic rings. The molecule has 3 heteroatoms. The van der Waals surface area contributed by atoms with Gasteiger partial charge in [0.1, 0.15) is 0 Å². The van der Waals surface area contributed by atoms with Crippen LogP contribution in [-0.4, -0.2) is 17.3 Å². The van der Waals surface area contributed by atoms with Crippen LogP contribution in [-0.2, 0) is 5.41 Å². The molecule has 0 amide bonds. The molecule has 6 aromatic rings. The summed E-state index contributed by atoms with van der Waals surface area (Å²) in [7, 11) is 2.20. The van der Waals surface area contributed by atoms with Gasteiger partial charge >= 0.3 is 0 Å². The van der Waals surface area contributed by atoms with Crippen molar-refractivity contribution in [3.63, 3.8) is 0 Å². The van der Waals surface area contributed by atoms with Crippen molar-refractivity contribution in [2.24, 2.45) is 4.99 Å². The summed E-state index contributed by atoms with van der Waals surface area (Å²) in [5.74, 6) is 0. The number of fused-ring (bicyclic) bond motifs is 7. The number of anilines is 1. The van der Waals surface area contributed by atoms with Gasteiger partial charge in [-0.05, 0) is 52.6 Å². The Morgan fingerprint density at radius 2 is 1.36 bits per heavy atom. The highest BCUT2D eigenvalue weighted by Gasteiger charge is 2.37. The highest BCUT2D eigenvalue weighted by atomic mass is 15.3. The van der Waals surface area contributed by atoms with E-state index in [-0.39, 0.29) is 11.6 Å². The van der Waals surface area contributed by atoms with E-state index in [0.717, 1.165) is 22.6 Å². The van der Waals surface area contributed by atoms with E-state index in [2.05, 4.69) is 146 Å². The monoisotopic (exact) mass is 503 g/mol. The second-order valence-corrected chi connectivity index (χ2v) is 11.3. The number of para-hydroxylation sites is 3. The van der Waals surface area contributed by atoms with E-state index in [0.29, 0.717) is 0 Å². The fourth-order valence-corrected chi connectivity index (χ4v) is 6.93. The van der Waals surface area contributed by atoms with Crippen molar-refractivity contribution in [3.8, 4) is 11.1 Å². The van der Waals surface area contributed by atoms with Crippen LogP contribution in [0, 0.1) is 0 Å². The van der Waals surface area contributed by atoms with E-state index in [1.165, 1.54) is 44.1 Å². The molecule has 1 aliphatic heterocycles. The first-order valence-corrected chi connectivity index (χ1v) is 13.7. The van der Waals surface area contributed by atoms with Crippen LogP contribution < -0.4 is 4.90 Å². The summed E-state index contributed by atoms with van der Waals surface area (Å²) in [6, 6.07) is 41.7. The van der Waals surface area contributed by atoms with Gasteiger partial charge in [0.05, 0.1) is 28.1 Å². The van der Waals surface area contributed by atoms with E-state index in [1.807, 2.05) is 0 Å². The molecule has 0 bridgehead atoms. The SMILES string of the molecule is CN1c2ccccc2N=C(c2ccccc2)C1n1c2ccccc2c2cc3c(cc21)-c1ccccc1C3(C)C. The Morgan fingerprint density at radius 3 is 2.23 bits per heavy atom. The summed E-state index contributed by atoms with van der Waals surface area (Å²) in [6.45, 7) is 4.71. The van der Waals surface area contributed by atoms with E-state index < -0.39 is 0 Å². The third-order valence-corrected chi connectivity index (χ3v) is 8.84. The Hall–Kier alpha value is -4.63. The third kappa shape index (κ3) is 3.01. The summed E-state index contributed by atoms with van der Waals surface area (Å²) in [6.07, 6.45) is -0.104. The maximum atomic E-state index is 5.30. The Morgan fingerprint density at radius 1 is 0.641 bits per heavy atom. The van der Waals surface area contributed by atoms with Crippen LogP contribution in [0.3, 0.4) is 0 Å². The molecule has 0 spiro atoms. The van der Waals surface area contributed by atoms with E-state index >= 15 is 0 Å². The van der Waals surface area contributed by atoms with Crippen molar-refractivity contribution in [2.45, 2.75) is 25.4 Å². The van der Waals surface area contributed by atoms with Gasteiger partial charge in [-0.2, -0.15) is 0 Å². The zero-order valence-corrected chi connectivity index (χ0v) is 22.4. The van der Waals surface area contributed by atoms with Crippen LogP contribution in [0.25, 0.3) is 32.9 Å². The molecule has 1 aliphatic carbocycles. The number of likely N-dealkylation sites (N-methyl/N-ethyl adjacent to an activating group) is 1. The van der Waals surface area contributed by atoms with Gasteiger partial charge in [0.2, 0.25) is 0 Å². The average molecular weight is 504 g/mol. The third-order valence-electron chi connectivity index (χ3n) is 8.84. The molecular formula is C36H29N3. The van der Waals surface area contributed by atoms with E-state index in [4.69, 9.17) is 4.99 Å². The van der Waals surface area contributed by atoms with E-state index in [9.17, 15) is 0 Å². The topological polar surface area (TPSA) is 20.5 Å². The number of hydrogen-bond donors (Lipinski definition) is 0. The van der Waals surface area contributed by atoms with Gasteiger partial charge in [-0.25, -0.2) is 4.99 Å². The highest BCUT2D eigenvalue weighted by Crippen LogP contribution is 2.51. The van der Waals surface area contributed by atoms with Crippen molar-refractivity contribution < 1.29 is 0 Å². The summed E-state index contributed by atoms with van der Waals surface area (Å²) in [5.41, 5.74) is 12.2. The minimum atomic E-state index is -0.104. The Kier molecular flexibility index (Phi) is 4.55. The van der Waals surface area contributed by atoms with Crippen molar-refractivity contribution in [1.29, 1.82) is 0 Å². The van der Waals surface area contributed by atoms with Crippen LogP contribution in [0.2, 0.25) is 0 Å². The summed E-state index contributed by atoms with van der Waals surface area (Å²) in [4.78, 5) is 7.69. The molecule has 0 saturated carbocycles. The molecule has 39 heavy (non-hydrogen) atoms. The molecule has 1 atom stereocenters. The number of rotatable bonds is 2. The molecule has 0 saturated heterocycles. The Labute approximate surface area is 228 Å². The van der Waals surface area contributed by atoms with Crippen molar-refractivity contribution >= 4 is 38.9 Å². The van der Waals surface area contributed by atoms with Gasteiger partial charge in [-0.3, -0.25) is 0 Å². The van der Waals surface area contributed by atoms with Gasteiger partial charge in [0, 0.05) is 28.8 Å². The lowest BCUT2D eigenvalue weighted by atomic mass is 9.82. The lowest BCUT2D eigenvalue weighted by Gasteiger charge is -2.37. The molecule has 8 rings (SSSR count). The molecule has 1 aromatic heterocycles. The number of aromatic nitrogens is 1. The number of aliphatic imine (C=N–C) groups is 1. The smallest absolute Gasteiger partial charge is 0.150 e. The zero-order chi connectivity index (χ0) is 26.3. The first-order valence-electron chi connectivity index (χ1n) is 13.7. The van der Waals surface area contributed by atoms with Crippen LogP contribution in [0.1, 0.15) is 36.7 Å². The quantitative estimate of drug-likeness (QED) is 0.231. The molecular weight excluding hydrogens is 474 g/mol. The molecule has 0 radical (unpaired) electrons. The maximum Gasteiger partial charge on any atom is 0.150 e.